The largest absolute Gasteiger partial charge is 0.309 e. The van der Waals surface area contributed by atoms with Crippen LogP contribution in [0.3, 0.4) is 0 Å². The third-order valence-corrected chi connectivity index (χ3v) is 3.48. The first kappa shape index (κ1) is 17.2. The van der Waals surface area contributed by atoms with Crippen molar-refractivity contribution in [1.29, 1.82) is 0 Å². The molecule has 0 aromatic heterocycles. The molecule has 0 saturated heterocycles. The average molecular weight is 277 g/mol. The Labute approximate surface area is 125 Å². The van der Waals surface area contributed by atoms with Crippen LogP contribution in [-0.4, -0.2) is 57.1 Å². The van der Waals surface area contributed by atoms with E-state index in [1.54, 1.807) is 0 Å². The molecule has 3 nitrogen and oxygen atoms in total. The van der Waals surface area contributed by atoms with Crippen LogP contribution >= 0.6 is 0 Å². The Morgan fingerprint density at radius 1 is 1.05 bits per heavy atom. The Bertz CT molecular complexity index is 337. The molecule has 1 aromatic carbocycles. The molecule has 1 atom stereocenters. The molecule has 114 valence electrons. The van der Waals surface area contributed by atoms with Gasteiger partial charge in [-0.25, -0.2) is 0 Å². The summed E-state index contributed by atoms with van der Waals surface area (Å²) in [6.07, 6.45) is 2.40. The summed E-state index contributed by atoms with van der Waals surface area (Å²) in [5.74, 6) is 0. The molecule has 0 heterocycles. The fraction of sp³-hybridized carbons (Fsp3) is 0.647. The molecule has 1 rings (SSSR count). The lowest BCUT2D eigenvalue weighted by Crippen LogP contribution is -2.34. The zero-order chi connectivity index (χ0) is 14.8. The number of rotatable bonds is 10. The number of nitrogens with zero attached hydrogens (tertiary/aromatic N) is 2. The van der Waals surface area contributed by atoms with Gasteiger partial charge in [-0.2, -0.15) is 0 Å². The second-order valence-corrected chi connectivity index (χ2v) is 5.84. The average Bonchev–Trinajstić information content (AvgIpc) is 2.44. The van der Waals surface area contributed by atoms with Crippen molar-refractivity contribution in [3.8, 4) is 0 Å². The fourth-order valence-corrected chi connectivity index (χ4v) is 2.35. The molecular weight excluding hydrogens is 246 g/mol. The van der Waals surface area contributed by atoms with Gasteiger partial charge < -0.3 is 15.1 Å². The van der Waals surface area contributed by atoms with Gasteiger partial charge in [-0.05, 0) is 59.2 Å². The monoisotopic (exact) mass is 277 g/mol. The highest BCUT2D eigenvalue weighted by Crippen LogP contribution is 2.13. The Morgan fingerprint density at radius 2 is 1.75 bits per heavy atom. The molecule has 0 aliphatic heterocycles. The van der Waals surface area contributed by atoms with Crippen LogP contribution in [0.15, 0.2) is 30.3 Å². The van der Waals surface area contributed by atoms with Gasteiger partial charge in [-0.15, -0.1) is 0 Å². The number of hydrogen-bond acceptors (Lipinski definition) is 3. The molecule has 0 amide bonds. The van der Waals surface area contributed by atoms with E-state index in [-0.39, 0.29) is 0 Å². The molecular formula is C17H31N3. The minimum atomic E-state index is 0.431. The van der Waals surface area contributed by atoms with Gasteiger partial charge >= 0.3 is 0 Å². The summed E-state index contributed by atoms with van der Waals surface area (Å²) >= 11 is 0. The quantitative estimate of drug-likeness (QED) is 0.709. The summed E-state index contributed by atoms with van der Waals surface area (Å²) in [7, 11) is 6.49. The van der Waals surface area contributed by atoms with Crippen molar-refractivity contribution in [3.63, 3.8) is 0 Å². The smallest absolute Gasteiger partial charge is 0.0449 e. The van der Waals surface area contributed by atoms with E-state index in [0.29, 0.717) is 6.04 Å². The highest BCUT2D eigenvalue weighted by Gasteiger charge is 2.12. The molecule has 1 aromatic rings. The molecule has 3 heteroatoms. The SMILES string of the molecule is CCCNC(CN(C)CCCN(C)C)c1ccccc1. The lowest BCUT2D eigenvalue weighted by atomic mass is 10.1. The molecule has 0 bridgehead atoms. The first-order chi connectivity index (χ1) is 9.63. The summed E-state index contributed by atoms with van der Waals surface area (Å²) in [6.45, 7) is 6.66. The highest BCUT2D eigenvalue weighted by molar-refractivity contribution is 5.19. The van der Waals surface area contributed by atoms with Gasteiger partial charge in [-0.1, -0.05) is 37.3 Å². The van der Waals surface area contributed by atoms with Gasteiger partial charge in [0.25, 0.3) is 0 Å². The zero-order valence-electron chi connectivity index (χ0n) is 13.6. The van der Waals surface area contributed by atoms with E-state index < -0.39 is 0 Å². The number of hydrogen-bond donors (Lipinski definition) is 1. The maximum Gasteiger partial charge on any atom is 0.0449 e. The Morgan fingerprint density at radius 3 is 2.35 bits per heavy atom. The van der Waals surface area contributed by atoms with Gasteiger partial charge in [0.2, 0.25) is 0 Å². The summed E-state index contributed by atoms with van der Waals surface area (Å²) in [6, 6.07) is 11.2. The second kappa shape index (κ2) is 9.92. The van der Waals surface area contributed by atoms with Crippen LogP contribution in [0.2, 0.25) is 0 Å². The maximum atomic E-state index is 3.66. The standard InChI is InChI=1S/C17H31N3/c1-5-12-18-17(16-10-7-6-8-11-16)15-20(4)14-9-13-19(2)3/h6-8,10-11,17-18H,5,9,12-15H2,1-4H3. The fourth-order valence-electron chi connectivity index (χ4n) is 2.35. The van der Waals surface area contributed by atoms with Gasteiger partial charge in [0, 0.05) is 12.6 Å². The van der Waals surface area contributed by atoms with E-state index in [1.807, 2.05) is 0 Å². The normalized spacial score (nSPS) is 13.1. The third-order valence-electron chi connectivity index (χ3n) is 3.48. The van der Waals surface area contributed by atoms with Crippen LogP contribution in [0.25, 0.3) is 0 Å². The lowest BCUT2D eigenvalue weighted by Gasteiger charge is -2.26. The summed E-state index contributed by atoms with van der Waals surface area (Å²) in [4.78, 5) is 4.68. The molecule has 0 fully saturated rings. The van der Waals surface area contributed by atoms with E-state index in [0.717, 1.165) is 26.2 Å². The van der Waals surface area contributed by atoms with Crippen LogP contribution in [0.1, 0.15) is 31.4 Å². The molecule has 20 heavy (non-hydrogen) atoms. The third kappa shape index (κ3) is 7.04. The molecule has 0 radical (unpaired) electrons. The van der Waals surface area contributed by atoms with Crippen molar-refractivity contribution < 1.29 is 0 Å². The second-order valence-electron chi connectivity index (χ2n) is 5.84. The van der Waals surface area contributed by atoms with E-state index in [9.17, 15) is 0 Å². The summed E-state index contributed by atoms with van der Waals surface area (Å²) < 4.78 is 0. The van der Waals surface area contributed by atoms with E-state index >= 15 is 0 Å². The van der Waals surface area contributed by atoms with Crippen molar-refractivity contribution in [3.05, 3.63) is 35.9 Å². The molecule has 0 aliphatic carbocycles. The maximum absolute atomic E-state index is 3.66. The predicted octanol–water partition coefficient (Wildman–Crippen LogP) is 2.61. The predicted molar refractivity (Wildman–Crippen MR) is 88.1 cm³/mol. The lowest BCUT2D eigenvalue weighted by molar-refractivity contribution is 0.270. The van der Waals surface area contributed by atoms with E-state index in [1.165, 1.54) is 18.4 Å². The van der Waals surface area contributed by atoms with E-state index in [2.05, 4.69) is 73.5 Å². The van der Waals surface area contributed by atoms with Crippen LogP contribution < -0.4 is 5.32 Å². The Balaban J connectivity index is 2.47. The number of benzene rings is 1. The molecule has 0 spiro atoms. The van der Waals surface area contributed by atoms with Gasteiger partial charge in [0.1, 0.15) is 0 Å². The van der Waals surface area contributed by atoms with Gasteiger partial charge in [0.05, 0.1) is 0 Å². The Kier molecular flexibility index (Phi) is 8.51. The van der Waals surface area contributed by atoms with Crippen LogP contribution in [-0.2, 0) is 0 Å². The minimum Gasteiger partial charge on any atom is -0.309 e. The summed E-state index contributed by atoms with van der Waals surface area (Å²) in [5.41, 5.74) is 1.39. The number of nitrogens with one attached hydrogen (secondary N) is 1. The minimum absolute atomic E-state index is 0.431. The van der Waals surface area contributed by atoms with Gasteiger partial charge in [-0.3, -0.25) is 0 Å². The van der Waals surface area contributed by atoms with Crippen molar-refractivity contribution >= 4 is 0 Å². The van der Waals surface area contributed by atoms with Crippen molar-refractivity contribution in [2.45, 2.75) is 25.8 Å². The first-order valence-electron chi connectivity index (χ1n) is 7.75. The van der Waals surface area contributed by atoms with Crippen molar-refractivity contribution in [2.75, 3.05) is 47.3 Å². The molecule has 1 unspecified atom stereocenters. The molecule has 1 N–H and O–H groups in total. The van der Waals surface area contributed by atoms with Crippen molar-refractivity contribution in [2.24, 2.45) is 0 Å². The molecule has 0 aliphatic rings. The van der Waals surface area contributed by atoms with Gasteiger partial charge in [0.15, 0.2) is 0 Å². The highest BCUT2D eigenvalue weighted by atomic mass is 15.1. The Hall–Kier alpha value is -0.900. The first-order valence-corrected chi connectivity index (χ1v) is 7.75. The van der Waals surface area contributed by atoms with Crippen LogP contribution in [0.4, 0.5) is 0 Å². The topological polar surface area (TPSA) is 18.5 Å². The van der Waals surface area contributed by atoms with Crippen LogP contribution in [0, 0.1) is 0 Å². The van der Waals surface area contributed by atoms with Crippen molar-refractivity contribution in [1.82, 2.24) is 15.1 Å². The summed E-state index contributed by atoms with van der Waals surface area (Å²) in [5, 5.41) is 3.66. The van der Waals surface area contributed by atoms with E-state index in [4.69, 9.17) is 0 Å². The number of likely N-dealkylation sites (N-methyl/N-ethyl adjacent to an activating group) is 1. The zero-order valence-corrected chi connectivity index (χ0v) is 13.6. The van der Waals surface area contributed by atoms with Crippen LogP contribution in [0.5, 0.6) is 0 Å². The molecule has 0 saturated carbocycles.